The molecule has 0 unspecified atom stereocenters. The number of allylic oxidation sites excluding steroid dienone is 2. The lowest BCUT2D eigenvalue weighted by Gasteiger charge is -2.12. The maximum atomic E-state index is 11.9. The van der Waals surface area contributed by atoms with E-state index in [-0.39, 0.29) is 11.9 Å². The van der Waals surface area contributed by atoms with E-state index in [0.29, 0.717) is 19.6 Å². The van der Waals surface area contributed by atoms with Crippen molar-refractivity contribution in [2.24, 2.45) is 0 Å². The molecular weight excluding hydrogens is 364 g/mol. The van der Waals surface area contributed by atoms with E-state index < -0.39 is 0 Å². The van der Waals surface area contributed by atoms with Crippen LogP contribution < -0.4 is 0 Å². The van der Waals surface area contributed by atoms with Gasteiger partial charge in [0.05, 0.1) is 19.6 Å². The van der Waals surface area contributed by atoms with Crippen LogP contribution in [0.25, 0.3) is 0 Å². The Morgan fingerprint density at radius 1 is 1.10 bits per heavy atom. The van der Waals surface area contributed by atoms with Crippen LogP contribution in [0, 0.1) is 6.92 Å². The average Bonchev–Trinajstić information content (AvgIpc) is 2.73. The van der Waals surface area contributed by atoms with Gasteiger partial charge in [0, 0.05) is 24.9 Å². The quantitative estimate of drug-likeness (QED) is 0.266. The first-order valence-corrected chi connectivity index (χ1v) is 10.4. The zero-order valence-electron chi connectivity index (χ0n) is 17.5. The SMILES string of the molecule is CCOC(=O)C[C@H](/C=C/CCCCCOCc1ccccc1)c1cnc(C)nc1. The van der Waals surface area contributed by atoms with E-state index in [1.807, 2.05) is 32.0 Å². The van der Waals surface area contributed by atoms with Crippen molar-refractivity contribution in [1.82, 2.24) is 9.97 Å². The Bertz CT molecular complexity index is 730. The number of esters is 1. The van der Waals surface area contributed by atoms with Crippen LogP contribution in [0.15, 0.2) is 54.9 Å². The number of rotatable bonds is 13. The van der Waals surface area contributed by atoms with E-state index in [1.165, 1.54) is 5.56 Å². The molecule has 2 rings (SSSR count). The lowest BCUT2D eigenvalue weighted by molar-refractivity contribution is -0.143. The van der Waals surface area contributed by atoms with E-state index in [1.54, 1.807) is 12.4 Å². The molecule has 1 heterocycles. The summed E-state index contributed by atoms with van der Waals surface area (Å²) in [6, 6.07) is 10.2. The molecule has 1 aromatic carbocycles. The fraction of sp³-hybridized carbons (Fsp3) is 0.458. The van der Waals surface area contributed by atoms with Gasteiger partial charge in [-0.3, -0.25) is 4.79 Å². The van der Waals surface area contributed by atoms with Crippen LogP contribution >= 0.6 is 0 Å². The van der Waals surface area contributed by atoms with E-state index in [4.69, 9.17) is 9.47 Å². The first-order valence-electron chi connectivity index (χ1n) is 10.4. The molecule has 2 aromatic rings. The number of hydrogen-bond donors (Lipinski definition) is 0. The van der Waals surface area contributed by atoms with Crippen LogP contribution in [0.5, 0.6) is 0 Å². The predicted octanol–water partition coefficient (Wildman–Crippen LogP) is 5.16. The number of ether oxygens (including phenoxy) is 2. The second-order valence-corrected chi connectivity index (χ2v) is 6.99. The summed E-state index contributed by atoms with van der Waals surface area (Å²) in [5, 5.41) is 0. The van der Waals surface area contributed by atoms with Crippen molar-refractivity contribution in [3.63, 3.8) is 0 Å². The number of carbonyl (C=O) groups is 1. The van der Waals surface area contributed by atoms with E-state index in [9.17, 15) is 4.79 Å². The van der Waals surface area contributed by atoms with Crippen LogP contribution in [0.1, 0.15) is 61.9 Å². The second kappa shape index (κ2) is 13.6. The van der Waals surface area contributed by atoms with Crippen molar-refractivity contribution in [3.05, 3.63) is 71.8 Å². The van der Waals surface area contributed by atoms with Crippen molar-refractivity contribution in [3.8, 4) is 0 Å². The minimum atomic E-state index is -0.196. The maximum Gasteiger partial charge on any atom is 0.306 e. The third kappa shape index (κ3) is 9.48. The van der Waals surface area contributed by atoms with Crippen molar-refractivity contribution in [2.75, 3.05) is 13.2 Å². The lowest BCUT2D eigenvalue weighted by atomic mass is 9.97. The highest BCUT2D eigenvalue weighted by Gasteiger charge is 2.15. The Morgan fingerprint density at radius 3 is 2.59 bits per heavy atom. The molecule has 0 saturated carbocycles. The molecule has 0 amide bonds. The number of carbonyl (C=O) groups excluding carboxylic acids is 1. The Morgan fingerprint density at radius 2 is 1.86 bits per heavy atom. The fourth-order valence-electron chi connectivity index (χ4n) is 2.96. The summed E-state index contributed by atoms with van der Waals surface area (Å²) in [6.45, 7) is 5.52. The summed E-state index contributed by atoms with van der Waals surface area (Å²) >= 11 is 0. The summed E-state index contributed by atoms with van der Waals surface area (Å²) in [5.74, 6) is 0.476. The fourth-order valence-corrected chi connectivity index (χ4v) is 2.96. The third-order valence-electron chi connectivity index (χ3n) is 4.56. The first-order chi connectivity index (χ1) is 14.2. The monoisotopic (exact) mass is 396 g/mol. The van der Waals surface area contributed by atoms with Crippen molar-refractivity contribution >= 4 is 5.97 Å². The number of nitrogens with zero attached hydrogens (tertiary/aromatic N) is 2. The molecule has 0 fully saturated rings. The average molecular weight is 397 g/mol. The number of aryl methyl sites for hydroxylation is 1. The zero-order chi connectivity index (χ0) is 20.7. The Labute approximate surface area is 174 Å². The van der Waals surface area contributed by atoms with Crippen molar-refractivity contribution in [2.45, 2.75) is 58.5 Å². The highest BCUT2D eigenvalue weighted by Crippen LogP contribution is 2.21. The van der Waals surface area contributed by atoms with Gasteiger partial charge in [0.25, 0.3) is 0 Å². The Kier molecular flexibility index (Phi) is 10.7. The molecule has 0 N–H and O–H groups in total. The summed E-state index contributed by atoms with van der Waals surface area (Å²) in [4.78, 5) is 20.4. The summed E-state index contributed by atoms with van der Waals surface area (Å²) in [5.41, 5.74) is 2.15. The van der Waals surface area contributed by atoms with Gasteiger partial charge in [0.15, 0.2) is 0 Å². The Hall–Kier alpha value is -2.53. The number of aromatic nitrogens is 2. The third-order valence-corrected chi connectivity index (χ3v) is 4.56. The van der Waals surface area contributed by atoms with Gasteiger partial charge in [-0.1, -0.05) is 48.9 Å². The molecule has 5 nitrogen and oxygen atoms in total. The molecular formula is C24H32N2O3. The molecule has 0 aliphatic rings. The largest absolute Gasteiger partial charge is 0.466 e. The zero-order valence-corrected chi connectivity index (χ0v) is 17.5. The van der Waals surface area contributed by atoms with Crippen molar-refractivity contribution in [1.29, 1.82) is 0 Å². The van der Waals surface area contributed by atoms with E-state index in [0.717, 1.165) is 43.7 Å². The molecule has 5 heteroatoms. The van der Waals surface area contributed by atoms with Gasteiger partial charge >= 0.3 is 5.97 Å². The van der Waals surface area contributed by atoms with Gasteiger partial charge in [-0.05, 0) is 44.2 Å². The maximum absolute atomic E-state index is 11.9. The number of benzene rings is 1. The molecule has 0 bridgehead atoms. The normalized spacial score (nSPS) is 12.2. The summed E-state index contributed by atoms with van der Waals surface area (Å²) < 4.78 is 10.8. The van der Waals surface area contributed by atoms with Gasteiger partial charge in [-0.2, -0.15) is 0 Å². The van der Waals surface area contributed by atoms with E-state index in [2.05, 4.69) is 34.3 Å². The van der Waals surface area contributed by atoms with E-state index >= 15 is 0 Å². The van der Waals surface area contributed by atoms with Crippen LogP contribution in [-0.4, -0.2) is 29.2 Å². The molecule has 29 heavy (non-hydrogen) atoms. The molecule has 1 atom stereocenters. The molecule has 0 aliphatic carbocycles. The van der Waals surface area contributed by atoms with Gasteiger partial charge in [0.1, 0.15) is 5.82 Å². The van der Waals surface area contributed by atoms with Gasteiger partial charge < -0.3 is 9.47 Å². The topological polar surface area (TPSA) is 61.3 Å². The second-order valence-electron chi connectivity index (χ2n) is 6.99. The summed E-state index contributed by atoms with van der Waals surface area (Å²) in [7, 11) is 0. The molecule has 0 aliphatic heterocycles. The van der Waals surface area contributed by atoms with Gasteiger partial charge in [0.2, 0.25) is 0 Å². The smallest absolute Gasteiger partial charge is 0.306 e. The highest BCUT2D eigenvalue weighted by atomic mass is 16.5. The van der Waals surface area contributed by atoms with Crippen LogP contribution in [0.3, 0.4) is 0 Å². The van der Waals surface area contributed by atoms with Crippen LogP contribution in [0.4, 0.5) is 0 Å². The molecule has 0 spiro atoms. The highest BCUT2D eigenvalue weighted by molar-refractivity contribution is 5.70. The number of unbranched alkanes of at least 4 members (excludes halogenated alkanes) is 3. The molecule has 156 valence electrons. The predicted molar refractivity (Wildman–Crippen MR) is 114 cm³/mol. The van der Waals surface area contributed by atoms with Gasteiger partial charge in [-0.25, -0.2) is 9.97 Å². The molecule has 0 radical (unpaired) electrons. The molecule has 0 saturated heterocycles. The lowest BCUT2D eigenvalue weighted by Crippen LogP contribution is -2.10. The number of hydrogen-bond acceptors (Lipinski definition) is 5. The van der Waals surface area contributed by atoms with Gasteiger partial charge in [-0.15, -0.1) is 0 Å². The first kappa shape index (κ1) is 22.8. The summed E-state index contributed by atoms with van der Waals surface area (Å²) in [6.07, 6.45) is 12.4. The Balaban J connectivity index is 1.68. The van der Waals surface area contributed by atoms with Crippen molar-refractivity contribution < 1.29 is 14.3 Å². The van der Waals surface area contributed by atoms with Crippen LogP contribution in [0.2, 0.25) is 0 Å². The minimum absolute atomic E-state index is 0.0520. The van der Waals surface area contributed by atoms with Crippen LogP contribution in [-0.2, 0) is 20.9 Å². The molecule has 1 aromatic heterocycles. The minimum Gasteiger partial charge on any atom is -0.466 e. The standard InChI is InChI=1S/C24H32N2O3/c1-3-29-24(27)16-22(23-17-25-20(2)26-18-23)14-10-5-4-6-11-15-28-19-21-12-8-7-9-13-21/h7-10,12-14,17-18,22H,3-6,11,15-16,19H2,1-2H3/b14-10+/t22-/m0/s1.